The van der Waals surface area contributed by atoms with Gasteiger partial charge in [0.05, 0.1) is 5.56 Å². The number of pyridine rings is 1. The molecule has 0 spiro atoms. The molecule has 0 saturated heterocycles. The molecule has 1 aromatic heterocycles. The van der Waals surface area contributed by atoms with Crippen molar-refractivity contribution in [2.45, 2.75) is 71.1 Å². The number of nitrogens with zero attached hydrogens (tertiary/aromatic N) is 1. The lowest BCUT2D eigenvalue weighted by Crippen LogP contribution is -2.53. The van der Waals surface area contributed by atoms with Crippen LogP contribution >= 0.6 is 11.6 Å². The molecule has 6 heteroatoms. The maximum atomic E-state index is 12.5. The molecule has 2 aliphatic carbocycles. The van der Waals surface area contributed by atoms with Crippen LogP contribution in [0.2, 0.25) is 5.15 Å². The second-order valence-electron chi connectivity index (χ2n) is 10.8. The minimum absolute atomic E-state index is 0.00117. The number of fused-ring (bicyclic) bond motifs is 3. The third-order valence-corrected chi connectivity index (χ3v) is 8.38. The number of carbonyl (C=O) groups excluding carboxylic acids is 2. The van der Waals surface area contributed by atoms with Crippen LogP contribution in [0, 0.1) is 11.3 Å². The highest BCUT2D eigenvalue weighted by atomic mass is 35.5. The van der Waals surface area contributed by atoms with E-state index in [-0.39, 0.29) is 28.9 Å². The highest BCUT2D eigenvalue weighted by molar-refractivity contribution is 6.29. The van der Waals surface area contributed by atoms with E-state index in [1.54, 1.807) is 0 Å². The number of hydrogen-bond acceptors (Lipinski definition) is 4. The van der Waals surface area contributed by atoms with E-state index in [2.05, 4.69) is 56.2 Å². The Labute approximate surface area is 207 Å². The van der Waals surface area contributed by atoms with Gasteiger partial charge >= 0.3 is 5.97 Å². The van der Waals surface area contributed by atoms with E-state index in [1.807, 2.05) is 0 Å². The molecule has 1 amide bonds. The molecule has 3 atom stereocenters. The fourth-order valence-electron chi connectivity index (χ4n) is 6.28. The van der Waals surface area contributed by atoms with Crippen LogP contribution in [0.25, 0.3) is 0 Å². The van der Waals surface area contributed by atoms with Crippen molar-refractivity contribution >= 4 is 23.5 Å². The molecule has 3 unspecified atom stereocenters. The van der Waals surface area contributed by atoms with Gasteiger partial charge in [-0.15, -0.1) is 0 Å². The number of amides is 1. The summed E-state index contributed by atoms with van der Waals surface area (Å²) in [6.07, 6.45) is 6.98. The quantitative estimate of drug-likeness (QED) is 0.414. The summed E-state index contributed by atoms with van der Waals surface area (Å²) in [5, 5.41) is 3.35. The van der Waals surface area contributed by atoms with Crippen molar-refractivity contribution in [2.75, 3.05) is 13.2 Å². The van der Waals surface area contributed by atoms with Crippen LogP contribution < -0.4 is 5.32 Å². The largest absolute Gasteiger partial charge is 0.452 e. The maximum absolute atomic E-state index is 12.5. The first-order valence-electron chi connectivity index (χ1n) is 12.3. The molecule has 0 aliphatic heterocycles. The Hall–Kier alpha value is -2.40. The summed E-state index contributed by atoms with van der Waals surface area (Å²) in [5.74, 6) is 0.170. The maximum Gasteiger partial charge on any atom is 0.340 e. The Morgan fingerprint density at radius 2 is 2.00 bits per heavy atom. The fraction of sp³-hybridized carbons (Fsp3) is 0.536. The molecule has 0 radical (unpaired) electrons. The van der Waals surface area contributed by atoms with E-state index >= 15 is 0 Å². The first-order valence-corrected chi connectivity index (χ1v) is 12.7. The molecule has 2 aliphatic rings. The Morgan fingerprint density at radius 3 is 2.71 bits per heavy atom. The molecule has 0 bridgehead atoms. The number of rotatable bonds is 6. The van der Waals surface area contributed by atoms with Gasteiger partial charge in [0.1, 0.15) is 5.15 Å². The van der Waals surface area contributed by atoms with Crippen molar-refractivity contribution in [3.8, 4) is 0 Å². The second kappa shape index (κ2) is 9.69. The number of carbonyl (C=O) groups is 2. The second-order valence-corrected chi connectivity index (χ2v) is 11.2. The van der Waals surface area contributed by atoms with Gasteiger partial charge in [0, 0.05) is 12.7 Å². The van der Waals surface area contributed by atoms with Crippen LogP contribution in [0.3, 0.4) is 0 Å². The summed E-state index contributed by atoms with van der Waals surface area (Å²) in [6.45, 7) is 9.52. The molecule has 5 nitrogen and oxygen atoms in total. The molecule has 1 fully saturated rings. The van der Waals surface area contributed by atoms with Crippen molar-refractivity contribution in [2.24, 2.45) is 11.3 Å². The topological polar surface area (TPSA) is 68.3 Å². The van der Waals surface area contributed by atoms with Gasteiger partial charge in [0.15, 0.2) is 6.61 Å². The Bertz CT molecular complexity index is 1070. The lowest BCUT2D eigenvalue weighted by Gasteiger charge is -2.55. The van der Waals surface area contributed by atoms with Gasteiger partial charge in [0.2, 0.25) is 0 Å². The first kappa shape index (κ1) is 24.7. The molecule has 2 aromatic rings. The van der Waals surface area contributed by atoms with Crippen molar-refractivity contribution in [1.29, 1.82) is 0 Å². The molecular weight excluding hydrogens is 448 g/mol. The zero-order valence-electron chi connectivity index (χ0n) is 20.6. The molecule has 1 saturated carbocycles. The molecule has 182 valence electrons. The van der Waals surface area contributed by atoms with Crippen molar-refractivity contribution < 1.29 is 14.3 Å². The lowest BCUT2D eigenvalue weighted by molar-refractivity contribution is -0.125. The van der Waals surface area contributed by atoms with E-state index in [0.29, 0.717) is 23.5 Å². The third kappa shape index (κ3) is 4.86. The summed E-state index contributed by atoms with van der Waals surface area (Å²) in [7, 11) is 0. The number of nitrogens with one attached hydrogen (secondary N) is 1. The van der Waals surface area contributed by atoms with Crippen molar-refractivity contribution in [1.82, 2.24) is 10.3 Å². The monoisotopic (exact) mass is 482 g/mol. The van der Waals surface area contributed by atoms with Crippen LogP contribution in [-0.2, 0) is 21.4 Å². The third-order valence-electron chi connectivity index (χ3n) is 8.15. The van der Waals surface area contributed by atoms with Gasteiger partial charge in [-0.05, 0) is 77.2 Å². The lowest BCUT2D eigenvalue weighted by atomic mass is 9.49. The number of hydrogen-bond donors (Lipinski definition) is 1. The van der Waals surface area contributed by atoms with Gasteiger partial charge in [-0.1, -0.05) is 63.9 Å². The van der Waals surface area contributed by atoms with Gasteiger partial charge in [-0.3, -0.25) is 4.79 Å². The SMILES string of the molecule is CC(C)c1ccc2c(c1)CCC1C(C)(CNC(=O)COC(=O)c3ccc(Cl)nc3)CCCC21C. The van der Waals surface area contributed by atoms with Crippen LogP contribution in [0.15, 0.2) is 36.5 Å². The van der Waals surface area contributed by atoms with Gasteiger partial charge in [-0.25, -0.2) is 9.78 Å². The smallest absolute Gasteiger partial charge is 0.340 e. The number of halogens is 1. The summed E-state index contributed by atoms with van der Waals surface area (Å²) in [5.41, 5.74) is 4.80. The van der Waals surface area contributed by atoms with E-state index in [4.69, 9.17) is 16.3 Å². The van der Waals surface area contributed by atoms with Crippen molar-refractivity contribution in [3.63, 3.8) is 0 Å². The number of benzene rings is 1. The van der Waals surface area contributed by atoms with Crippen LogP contribution in [0.5, 0.6) is 0 Å². The predicted octanol–water partition coefficient (Wildman–Crippen LogP) is 5.84. The molecule has 34 heavy (non-hydrogen) atoms. The van der Waals surface area contributed by atoms with Gasteiger partial charge in [0.25, 0.3) is 5.91 Å². The highest BCUT2D eigenvalue weighted by Gasteiger charge is 2.51. The zero-order valence-corrected chi connectivity index (χ0v) is 21.4. The average molecular weight is 483 g/mol. The van der Waals surface area contributed by atoms with Crippen LogP contribution in [0.4, 0.5) is 0 Å². The Balaban J connectivity index is 1.40. The zero-order chi connectivity index (χ0) is 24.5. The summed E-state index contributed by atoms with van der Waals surface area (Å²) < 4.78 is 5.17. The summed E-state index contributed by atoms with van der Waals surface area (Å²) in [4.78, 5) is 28.6. The normalized spacial score (nSPS) is 25.9. The molecule has 1 aromatic carbocycles. The first-order chi connectivity index (χ1) is 16.1. The van der Waals surface area contributed by atoms with Gasteiger partial charge < -0.3 is 10.1 Å². The summed E-state index contributed by atoms with van der Waals surface area (Å²) in [6, 6.07) is 10.1. The van der Waals surface area contributed by atoms with Crippen molar-refractivity contribution in [3.05, 3.63) is 63.9 Å². The fourth-order valence-corrected chi connectivity index (χ4v) is 6.39. The van der Waals surface area contributed by atoms with E-state index in [1.165, 1.54) is 41.4 Å². The average Bonchev–Trinajstić information content (AvgIpc) is 2.81. The van der Waals surface area contributed by atoms with Crippen LogP contribution in [0.1, 0.15) is 86.3 Å². The molecular formula is C28H35ClN2O3. The minimum atomic E-state index is -0.583. The number of ether oxygens (including phenoxy) is 1. The van der Waals surface area contributed by atoms with E-state index in [0.717, 1.165) is 25.7 Å². The minimum Gasteiger partial charge on any atom is -0.452 e. The standard InChI is InChI=1S/C28H35ClN2O3/c1-18(2)19-6-9-22-20(14-19)7-10-23-27(3,12-5-13-28(22,23)4)17-31-25(32)16-34-26(33)21-8-11-24(29)30-15-21/h6,8-9,11,14-15,18,23H,5,7,10,12-13,16-17H2,1-4H3,(H,31,32). The van der Waals surface area contributed by atoms with Crippen LogP contribution in [-0.4, -0.2) is 30.0 Å². The van der Waals surface area contributed by atoms with E-state index in [9.17, 15) is 9.59 Å². The van der Waals surface area contributed by atoms with Gasteiger partial charge in [-0.2, -0.15) is 0 Å². The number of aromatic nitrogens is 1. The molecule has 4 rings (SSSR count). The molecule has 1 N–H and O–H groups in total. The Morgan fingerprint density at radius 1 is 1.21 bits per heavy atom. The Kier molecular flexibility index (Phi) is 7.04. The highest BCUT2D eigenvalue weighted by Crippen LogP contribution is 2.57. The van der Waals surface area contributed by atoms with E-state index < -0.39 is 5.97 Å². The summed E-state index contributed by atoms with van der Waals surface area (Å²) >= 11 is 5.75. The molecule has 1 heterocycles. The number of esters is 1. The predicted molar refractivity (Wildman–Crippen MR) is 134 cm³/mol. The number of aryl methyl sites for hydroxylation is 1.